The highest BCUT2D eigenvalue weighted by Gasteiger charge is 2.23. The molecule has 0 atom stereocenters. The average molecular weight is 250 g/mol. The molecule has 0 unspecified atom stereocenters. The second-order valence-corrected chi connectivity index (χ2v) is 5.65. The van der Waals surface area contributed by atoms with E-state index in [0.717, 1.165) is 5.56 Å². The molecule has 5 heteroatoms. The summed E-state index contributed by atoms with van der Waals surface area (Å²) in [4.78, 5) is 16.0. The van der Waals surface area contributed by atoms with Gasteiger partial charge in [0, 0.05) is 16.4 Å². The van der Waals surface area contributed by atoms with Crippen molar-refractivity contribution in [2.24, 2.45) is 5.41 Å². The van der Waals surface area contributed by atoms with Gasteiger partial charge in [0.15, 0.2) is 0 Å². The second kappa shape index (κ2) is 4.41. The van der Waals surface area contributed by atoms with Crippen LogP contribution in [0.5, 0.6) is 0 Å². The van der Waals surface area contributed by atoms with Gasteiger partial charge in [-0.2, -0.15) is 16.3 Å². The van der Waals surface area contributed by atoms with Crippen molar-refractivity contribution in [1.29, 1.82) is 0 Å². The molecular weight excluding hydrogens is 236 g/mol. The van der Waals surface area contributed by atoms with Gasteiger partial charge < -0.3 is 4.52 Å². The number of aromatic nitrogens is 2. The normalized spacial score (nSPS) is 11.7. The molecule has 2 aromatic heterocycles. The molecule has 0 amide bonds. The maximum absolute atomic E-state index is 11.8. The van der Waals surface area contributed by atoms with Crippen LogP contribution in [0.3, 0.4) is 0 Å². The van der Waals surface area contributed by atoms with Crippen molar-refractivity contribution in [2.75, 3.05) is 0 Å². The highest BCUT2D eigenvalue weighted by molar-refractivity contribution is 7.08. The Morgan fingerprint density at radius 1 is 1.47 bits per heavy atom. The molecule has 17 heavy (non-hydrogen) atoms. The third-order valence-corrected chi connectivity index (χ3v) is 3.08. The third kappa shape index (κ3) is 2.79. The first-order valence-electron chi connectivity index (χ1n) is 5.35. The van der Waals surface area contributed by atoms with Crippen molar-refractivity contribution in [1.82, 2.24) is 10.1 Å². The summed E-state index contributed by atoms with van der Waals surface area (Å²) in [7, 11) is 0. The number of carbonyl (C=O) groups is 1. The van der Waals surface area contributed by atoms with Gasteiger partial charge in [0.2, 0.25) is 11.7 Å². The van der Waals surface area contributed by atoms with Gasteiger partial charge in [0.1, 0.15) is 5.78 Å². The van der Waals surface area contributed by atoms with Crippen molar-refractivity contribution in [3.05, 3.63) is 22.7 Å². The summed E-state index contributed by atoms with van der Waals surface area (Å²) in [6.07, 6.45) is 0.195. The van der Waals surface area contributed by atoms with Crippen LogP contribution in [-0.2, 0) is 11.2 Å². The SMILES string of the molecule is CC(C)(C)C(=O)Cc1nc(-c2ccsc2)no1. The topological polar surface area (TPSA) is 56.0 Å². The van der Waals surface area contributed by atoms with Crippen LogP contribution >= 0.6 is 11.3 Å². The molecule has 4 nitrogen and oxygen atoms in total. The summed E-state index contributed by atoms with van der Waals surface area (Å²) in [5, 5.41) is 7.76. The van der Waals surface area contributed by atoms with Gasteiger partial charge in [-0.25, -0.2) is 0 Å². The summed E-state index contributed by atoms with van der Waals surface area (Å²) < 4.78 is 5.08. The van der Waals surface area contributed by atoms with E-state index in [2.05, 4.69) is 10.1 Å². The molecule has 0 aliphatic carbocycles. The predicted octanol–water partition coefficient (Wildman–Crippen LogP) is 2.96. The number of ketones is 1. The van der Waals surface area contributed by atoms with Gasteiger partial charge in [-0.1, -0.05) is 25.9 Å². The molecule has 0 aliphatic rings. The van der Waals surface area contributed by atoms with Crippen LogP contribution in [0.4, 0.5) is 0 Å². The molecule has 2 aromatic rings. The summed E-state index contributed by atoms with van der Waals surface area (Å²) in [6.45, 7) is 5.64. The Bertz CT molecular complexity index is 509. The molecule has 0 aliphatic heterocycles. The van der Waals surface area contributed by atoms with E-state index >= 15 is 0 Å². The Morgan fingerprint density at radius 3 is 2.82 bits per heavy atom. The number of hydrogen-bond donors (Lipinski definition) is 0. The minimum atomic E-state index is -0.378. The van der Waals surface area contributed by atoms with Crippen molar-refractivity contribution >= 4 is 17.1 Å². The Balaban J connectivity index is 2.12. The molecule has 0 saturated carbocycles. The fourth-order valence-electron chi connectivity index (χ4n) is 1.24. The van der Waals surface area contributed by atoms with Gasteiger partial charge in [-0.3, -0.25) is 4.79 Å². The number of nitrogens with zero attached hydrogens (tertiary/aromatic N) is 2. The summed E-state index contributed by atoms with van der Waals surface area (Å²) in [5.74, 6) is 1.02. The number of rotatable bonds is 3. The number of thiophene rings is 1. The smallest absolute Gasteiger partial charge is 0.234 e. The first kappa shape index (κ1) is 12.0. The van der Waals surface area contributed by atoms with E-state index < -0.39 is 0 Å². The zero-order valence-corrected chi connectivity index (χ0v) is 10.9. The molecule has 0 fully saturated rings. The minimum absolute atomic E-state index is 0.0954. The van der Waals surface area contributed by atoms with Crippen LogP contribution in [0.1, 0.15) is 26.7 Å². The number of hydrogen-bond acceptors (Lipinski definition) is 5. The first-order chi connectivity index (χ1) is 7.97. The molecule has 90 valence electrons. The van der Waals surface area contributed by atoms with Crippen LogP contribution in [0.25, 0.3) is 11.4 Å². The Kier molecular flexibility index (Phi) is 3.11. The van der Waals surface area contributed by atoms with E-state index in [1.807, 2.05) is 37.6 Å². The van der Waals surface area contributed by atoms with E-state index in [1.54, 1.807) is 11.3 Å². The van der Waals surface area contributed by atoms with E-state index in [9.17, 15) is 4.79 Å². The Morgan fingerprint density at radius 2 is 2.24 bits per heavy atom. The molecule has 0 aromatic carbocycles. The zero-order valence-electron chi connectivity index (χ0n) is 10.1. The van der Waals surface area contributed by atoms with Crippen molar-refractivity contribution in [3.63, 3.8) is 0 Å². The van der Waals surface area contributed by atoms with Crippen molar-refractivity contribution in [2.45, 2.75) is 27.2 Å². The molecule has 2 heterocycles. The lowest BCUT2D eigenvalue weighted by Crippen LogP contribution is -2.22. The minimum Gasteiger partial charge on any atom is -0.338 e. The molecule has 0 spiro atoms. The lowest BCUT2D eigenvalue weighted by atomic mass is 9.89. The zero-order chi connectivity index (χ0) is 12.5. The van der Waals surface area contributed by atoms with Crippen LogP contribution < -0.4 is 0 Å². The summed E-state index contributed by atoms with van der Waals surface area (Å²) in [6, 6.07) is 1.92. The molecule has 0 N–H and O–H groups in total. The maximum atomic E-state index is 11.8. The van der Waals surface area contributed by atoms with Gasteiger partial charge in [0.05, 0.1) is 6.42 Å². The standard InChI is InChI=1S/C12H14N2O2S/c1-12(2,3)9(15)6-10-13-11(14-16-10)8-4-5-17-7-8/h4-5,7H,6H2,1-3H3. The lowest BCUT2D eigenvalue weighted by Gasteiger charge is -2.14. The predicted molar refractivity (Wildman–Crippen MR) is 65.8 cm³/mol. The van der Waals surface area contributed by atoms with E-state index in [0.29, 0.717) is 11.7 Å². The van der Waals surface area contributed by atoms with Gasteiger partial charge in [0.25, 0.3) is 0 Å². The average Bonchev–Trinajstić information content (AvgIpc) is 2.83. The Labute approximate surface area is 104 Å². The fraction of sp³-hybridized carbons (Fsp3) is 0.417. The number of Topliss-reactive ketones (excluding diaryl/α,β-unsaturated/α-hetero) is 1. The molecule has 0 bridgehead atoms. The molecule has 2 rings (SSSR count). The molecule has 0 radical (unpaired) electrons. The first-order valence-corrected chi connectivity index (χ1v) is 6.29. The van der Waals surface area contributed by atoms with E-state index in [4.69, 9.17) is 4.52 Å². The van der Waals surface area contributed by atoms with Crippen LogP contribution in [0.2, 0.25) is 0 Å². The summed E-state index contributed by atoms with van der Waals surface area (Å²) >= 11 is 1.57. The van der Waals surface area contributed by atoms with Crippen molar-refractivity contribution < 1.29 is 9.32 Å². The van der Waals surface area contributed by atoms with Gasteiger partial charge in [-0.05, 0) is 11.4 Å². The van der Waals surface area contributed by atoms with Crippen LogP contribution in [0, 0.1) is 5.41 Å². The lowest BCUT2D eigenvalue weighted by molar-refractivity contribution is -0.125. The van der Waals surface area contributed by atoms with E-state index in [-0.39, 0.29) is 17.6 Å². The largest absolute Gasteiger partial charge is 0.338 e. The number of carbonyl (C=O) groups excluding carboxylic acids is 1. The fourth-order valence-corrected chi connectivity index (χ4v) is 1.87. The van der Waals surface area contributed by atoms with Gasteiger partial charge >= 0.3 is 0 Å². The second-order valence-electron chi connectivity index (χ2n) is 4.87. The maximum Gasteiger partial charge on any atom is 0.234 e. The highest BCUT2D eigenvalue weighted by atomic mass is 32.1. The Hall–Kier alpha value is -1.49. The van der Waals surface area contributed by atoms with Crippen LogP contribution in [0.15, 0.2) is 21.3 Å². The third-order valence-electron chi connectivity index (χ3n) is 2.40. The van der Waals surface area contributed by atoms with E-state index in [1.165, 1.54) is 0 Å². The molecule has 0 saturated heterocycles. The monoisotopic (exact) mass is 250 g/mol. The highest BCUT2D eigenvalue weighted by Crippen LogP contribution is 2.21. The van der Waals surface area contributed by atoms with Gasteiger partial charge in [-0.15, -0.1) is 0 Å². The van der Waals surface area contributed by atoms with Crippen molar-refractivity contribution in [3.8, 4) is 11.4 Å². The van der Waals surface area contributed by atoms with Crippen LogP contribution in [-0.4, -0.2) is 15.9 Å². The summed E-state index contributed by atoms with van der Waals surface area (Å²) in [5.41, 5.74) is 0.546. The quantitative estimate of drug-likeness (QED) is 0.840. The molecular formula is C12H14N2O2S.